The van der Waals surface area contributed by atoms with Gasteiger partial charge >= 0.3 is 5.97 Å². The number of benzene rings is 2. The lowest BCUT2D eigenvalue weighted by Crippen LogP contribution is -2.48. The molecule has 9 nitrogen and oxygen atoms in total. The van der Waals surface area contributed by atoms with Gasteiger partial charge in [0.2, 0.25) is 5.91 Å². The molecule has 0 radical (unpaired) electrons. The SMILES string of the molecule is CCN(CC)C(=O)COC(=O)c1ccc2c(c1)ncn2-c1cccc(N2CCN(C(C)=O)CC2)c1. The molecule has 35 heavy (non-hydrogen) atoms. The van der Waals surface area contributed by atoms with Crippen LogP contribution in [-0.2, 0) is 14.3 Å². The van der Waals surface area contributed by atoms with Crippen LogP contribution in [0, 0.1) is 0 Å². The van der Waals surface area contributed by atoms with E-state index in [0.717, 1.165) is 30.0 Å². The molecule has 3 aromatic rings. The van der Waals surface area contributed by atoms with Crippen molar-refractivity contribution >= 4 is 34.5 Å². The first kappa shape index (κ1) is 24.3. The second-order valence-electron chi connectivity index (χ2n) is 8.47. The van der Waals surface area contributed by atoms with Gasteiger partial charge in [-0.25, -0.2) is 9.78 Å². The number of esters is 1. The van der Waals surface area contributed by atoms with Gasteiger partial charge in [0.15, 0.2) is 6.61 Å². The van der Waals surface area contributed by atoms with Gasteiger partial charge in [-0.2, -0.15) is 0 Å². The molecule has 9 heteroatoms. The Morgan fingerprint density at radius 2 is 1.69 bits per heavy atom. The zero-order chi connectivity index (χ0) is 24.9. The van der Waals surface area contributed by atoms with Gasteiger partial charge in [0.25, 0.3) is 5.91 Å². The van der Waals surface area contributed by atoms with Crippen molar-refractivity contribution in [2.75, 3.05) is 50.8 Å². The Morgan fingerprint density at radius 1 is 0.971 bits per heavy atom. The first-order chi connectivity index (χ1) is 16.9. The lowest BCUT2D eigenvalue weighted by Gasteiger charge is -2.35. The molecule has 1 aliphatic heterocycles. The van der Waals surface area contributed by atoms with E-state index in [2.05, 4.69) is 22.0 Å². The van der Waals surface area contributed by atoms with E-state index in [1.807, 2.05) is 41.5 Å². The highest BCUT2D eigenvalue weighted by Gasteiger charge is 2.20. The van der Waals surface area contributed by atoms with Crippen LogP contribution >= 0.6 is 0 Å². The Labute approximate surface area is 204 Å². The normalized spacial score (nSPS) is 13.7. The number of ether oxygens (including phenoxy) is 1. The third kappa shape index (κ3) is 5.29. The van der Waals surface area contributed by atoms with E-state index in [1.165, 1.54) is 0 Å². The molecular weight excluding hydrogens is 446 g/mol. The lowest BCUT2D eigenvalue weighted by atomic mass is 10.2. The highest BCUT2D eigenvalue weighted by molar-refractivity contribution is 5.95. The van der Waals surface area contributed by atoms with Crippen molar-refractivity contribution in [2.24, 2.45) is 0 Å². The molecule has 1 aromatic heterocycles. The molecule has 2 amide bonds. The molecular formula is C26H31N5O4. The number of carbonyl (C=O) groups is 3. The molecule has 2 aromatic carbocycles. The number of hydrogen-bond donors (Lipinski definition) is 0. The van der Waals surface area contributed by atoms with Crippen LogP contribution in [0.5, 0.6) is 0 Å². The molecule has 1 aliphatic rings. The van der Waals surface area contributed by atoms with E-state index < -0.39 is 5.97 Å². The van der Waals surface area contributed by atoms with Gasteiger partial charge < -0.3 is 19.4 Å². The highest BCUT2D eigenvalue weighted by Crippen LogP contribution is 2.24. The van der Waals surface area contributed by atoms with Gasteiger partial charge in [0.1, 0.15) is 6.33 Å². The molecule has 184 valence electrons. The van der Waals surface area contributed by atoms with Crippen molar-refractivity contribution in [3.05, 3.63) is 54.4 Å². The zero-order valence-corrected chi connectivity index (χ0v) is 20.4. The molecule has 0 unspecified atom stereocenters. The Hall–Kier alpha value is -3.88. The average molecular weight is 478 g/mol. The summed E-state index contributed by atoms with van der Waals surface area (Å²) >= 11 is 0. The number of hydrogen-bond acceptors (Lipinski definition) is 6. The van der Waals surface area contributed by atoms with E-state index in [0.29, 0.717) is 37.3 Å². The molecule has 0 bridgehead atoms. The number of piperazine rings is 1. The number of aromatic nitrogens is 2. The van der Waals surface area contributed by atoms with Gasteiger partial charge in [0.05, 0.1) is 16.6 Å². The number of imidazole rings is 1. The van der Waals surface area contributed by atoms with Crippen LogP contribution in [0.2, 0.25) is 0 Å². The third-order valence-electron chi connectivity index (χ3n) is 6.42. The summed E-state index contributed by atoms with van der Waals surface area (Å²) < 4.78 is 7.20. The van der Waals surface area contributed by atoms with Crippen molar-refractivity contribution in [3.63, 3.8) is 0 Å². The van der Waals surface area contributed by atoms with Crippen LogP contribution < -0.4 is 4.90 Å². The van der Waals surface area contributed by atoms with Crippen molar-refractivity contribution in [1.29, 1.82) is 0 Å². The van der Waals surface area contributed by atoms with Gasteiger partial charge in [-0.3, -0.25) is 14.2 Å². The fourth-order valence-electron chi connectivity index (χ4n) is 4.34. The van der Waals surface area contributed by atoms with E-state index >= 15 is 0 Å². The van der Waals surface area contributed by atoms with Gasteiger partial charge in [-0.15, -0.1) is 0 Å². The van der Waals surface area contributed by atoms with Gasteiger partial charge in [-0.1, -0.05) is 6.07 Å². The van der Waals surface area contributed by atoms with Crippen molar-refractivity contribution < 1.29 is 19.1 Å². The van der Waals surface area contributed by atoms with Crippen LogP contribution in [0.4, 0.5) is 5.69 Å². The maximum atomic E-state index is 12.5. The van der Waals surface area contributed by atoms with Crippen LogP contribution in [0.15, 0.2) is 48.8 Å². The summed E-state index contributed by atoms with van der Waals surface area (Å²) in [5.41, 5.74) is 3.92. The summed E-state index contributed by atoms with van der Waals surface area (Å²) in [5.74, 6) is -0.646. The van der Waals surface area contributed by atoms with E-state index in [1.54, 1.807) is 30.3 Å². The maximum absolute atomic E-state index is 12.5. The number of nitrogens with zero attached hydrogens (tertiary/aromatic N) is 5. The molecule has 0 N–H and O–H groups in total. The Kier molecular flexibility index (Phi) is 7.33. The number of rotatable bonds is 7. The molecule has 0 atom stereocenters. The number of likely N-dealkylation sites (N-methyl/N-ethyl adjacent to an activating group) is 1. The quantitative estimate of drug-likeness (QED) is 0.487. The largest absolute Gasteiger partial charge is 0.452 e. The van der Waals surface area contributed by atoms with Crippen LogP contribution in [-0.4, -0.2) is 83.0 Å². The van der Waals surface area contributed by atoms with Crippen LogP contribution in [0.3, 0.4) is 0 Å². The van der Waals surface area contributed by atoms with Gasteiger partial charge in [0, 0.05) is 57.6 Å². The summed E-state index contributed by atoms with van der Waals surface area (Å²) in [7, 11) is 0. The second kappa shape index (κ2) is 10.6. The Bertz CT molecular complexity index is 1230. The van der Waals surface area contributed by atoms with Crippen LogP contribution in [0.1, 0.15) is 31.1 Å². The zero-order valence-electron chi connectivity index (χ0n) is 20.4. The summed E-state index contributed by atoms with van der Waals surface area (Å²) in [5, 5.41) is 0. The standard InChI is InChI=1S/C26H31N5O4/c1-4-28(5-2)25(33)17-35-26(34)20-9-10-24-23(15-20)27-18-31(24)22-8-6-7-21(16-22)30-13-11-29(12-14-30)19(3)32/h6-10,15-16,18H,4-5,11-14,17H2,1-3H3. The lowest BCUT2D eigenvalue weighted by molar-refractivity contribution is -0.134. The maximum Gasteiger partial charge on any atom is 0.338 e. The van der Waals surface area contributed by atoms with Crippen molar-refractivity contribution in [1.82, 2.24) is 19.4 Å². The van der Waals surface area contributed by atoms with Gasteiger partial charge in [-0.05, 0) is 50.2 Å². The molecule has 2 heterocycles. The van der Waals surface area contributed by atoms with Crippen LogP contribution in [0.25, 0.3) is 16.7 Å². The van der Waals surface area contributed by atoms with E-state index in [4.69, 9.17) is 4.74 Å². The minimum atomic E-state index is -0.548. The molecule has 0 spiro atoms. The smallest absolute Gasteiger partial charge is 0.338 e. The molecule has 0 saturated carbocycles. The van der Waals surface area contributed by atoms with E-state index in [9.17, 15) is 14.4 Å². The number of amides is 2. The first-order valence-electron chi connectivity index (χ1n) is 11.9. The molecule has 4 rings (SSSR count). The van der Waals surface area contributed by atoms with E-state index in [-0.39, 0.29) is 18.4 Å². The topological polar surface area (TPSA) is 88.0 Å². The first-order valence-corrected chi connectivity index (χ1v) is 11.9. The minimum Gasteiger partial charge on any atom is -0.452 e. The summed E-state index contributed by atoms with van der Waals surface area (Å²) in [6.07, 6.45) is 1.73. The fraction of sp³-hybridized carbons (Fsp3) is 0.385. The monoisotopic (exact) mass is 477 g/mol. The number of anilines is 1. The number of fused-ring (bicyclic) bond motifs is 1. The molecule has 0 aliphatic carbocycles. The average Bonchev–Trinajstić information content (AvgIpc) is 3.31. The van der Waals surface area contributed by atoms with Crippen molar-refractivity contribution in [2.45, 2.75) is 20.8 Å². The predicted molar refractivity (Wildman–Crippen MR) is 134 cm³/mol. The third-order valence-corrected chi connectivity index (χ3v) is 6.42. The fourth-order valence-corrected chi connectivity index (χ4v) is 4.34. The molecule has 1 fully saturated rings. The Balaban J connectivity index is 1.48. The molecule has 1 saturated heterocycles. The highest BCUT2D eigenvalue weighted by atomic mass is 16.5. The Morgan fingerprint density at radius 3 is 2.37 bits per heavy atom. The second-order valence-corrected chi connectivity index (χ2v) is 8.47. The van der Waals surface area contributed by atoms with Crippen molar-refractivity contribution in [3.8, 4) is 5.69 Å². The predicted octanol–water partition coefficient (Wildman–Crippen LogP) is 2.72. The summed E-state index contributed by atoms with van der Waals surface area (Å²) in [4.78, 5) is 46.5. The minimum absolute atomic E-state index is 0.113. The summed E-state index contributed by atoms with van der Waals surface area (Å²) in [6, 6.07) is 13.4. The summed E-state index contributed by atoms with van der Waals surface area (Å²) in [6.45, 7) is 9.26. The number of carbonyl (C=O) groups excluding carboxylic acids is 3.